The summed E-state index contributed by atoms with van der Waals surface area (Å²) in [6.07, 6.45) is 0. The maximum Gasteiger partial charge on any atom is 0.258 e. The first-order chi connectivity index (χ1) is 13.6. The van der Waals surface area contributed by atoms with Crippen LogP contribution in [0, 0.1) is 0 Å². The summed E-state index contributed by atoms with van der Waals surface area (Å²) in [6.45, 7) is 0.784. The van der Waals surface area contributed by atoms with Crippen molar-refractivity contribution in [3.05, 3.63) is 90.5 Å². The van der Waals surface area contributed by atoms with E-state index >= 15 is 0 Å². The molecule has 28 heavy (non-hydrogen) atoms. The van der Waals surface area contributed by atoms with Gasteiger partial charge >= 0.3 is 0 Å². The second-order valence-corrected chi connectivity index (χ2v) is 7.09. The Hall–Kier alpha value is -3.11. The smallest absolute Gasteiger partial charge is 0.258 e. The highest BCUT2D eigenvalue weighted by Gasteiger charge is 2.18. The van der Waals surface area contributed by atoms with Gasteiger partial charge in [0, 0.05) is 5.56 Å². The van der Waals surface area contributed by atoms with Gasteiger partial charge in [-0.3, -0.25) is 4.79 Å². The monoisotopic (exact) mass is 375 g/mol. The molecule has 0 bridgehead atoms. The highest BCUT2D eigenvalue weighted by Crippen LogP contribution is 2.29. The molecule has 144 valence electrons. The van der Waals surface area contributed by atoms with Crippen LogP contribution in [-0.2, 0) is 4.79 Å². The second-order valence-electron chi connectivity index (χ2n) is 7.09. The van der Waals surface area contributed by atoms with Crippen molar-refractivity contribution in [2.24, 2.45) is 0 Å². The summed E-state index contributed by atoms with van der Waals surface area (Å²) >= 11 is 0. The Morgan fingerprint density at radius 2 is 1.50 bits per heavy atom. The van der Waals surface area contributed by atoms with Gasteiger partial charge in [0.1, 0.15) is 18.3 Å². The third kappa shape index (κ3) is 5.44. The zero-order valence-electron chi connectivity index (χ0n) is 16.4. The first-order valence-corrected chi connectivity index (χ1v) is 9.54. The van der Waals surface area contributed by atoms with Crippen molar-refractivity contribution in [2.75, 3.05) is 27.2 Å². The number of para-hydroxylation sites is 1. The normalized spacial score (nSPS) is 11.8. The molecule has 0 aliphatic carbocycles. The lowest BCUT2D eigenvalue weighted by Crippen LogP contribution is -3.06. The molecule has 4 heteroatoms. The molecule has 0 saturated carbocycles. The first-order valence-electron chi connectivity index (χ1n) is 9.54. The predicted octanol–water partition coefficient (Wildman–Crippen LogP) is 2.73. The zero-order chi connectivity index (χ0) is 19.8. The lowest BCUT2D eigenvalue weighted by atomic mass is 10.1. The fourth-order valence-electron chi connectivity index (χ4n) is 3.17. The van der Waals surface area contributed by atoms with E-state index in [0.29, 0.717) is 5.75 Å². The number of nitrogens with one attached hydrogen (secondary N) is 2. The van der Waals surface area contributed by atoms with Crippen LogP contribution in [0.2, 0.25) is 0 Å². The molecular formula is C24H27N2O2+. The molecule has 0 spiro atoms. The molecule has 3 aromatic rings. The molecule has 0 unspecified atom stereocenters. The SMILES string of the molecule is C[NH+](C)C[C@@H](NC(=O)COc1ccccc1-c1ccccc1)c1ccccc1. The molecule has 3 rings (SSSR count). The van der Waals surface area contributed by atoms with Crippen LogP contribution in [0.3, 0.4) is 0 Å². The summed E-state index contributed by atoms with van der Waals surface area (Å²) in [5.74, 6) is 0.580. The van der Waals surface area contributed by atoms with E-state index in [0.717, 1.165) is 23.2 Å². The topological polar surface area (TPSA) is 42.8 Å². The van der Waals surface area contributed by atoms with Gasteiger partial charge in [-0.1, -0.05) is 78.9 Å². The van der Waals surface area contributed by atoms with Crippen molar-refractivity contribution in [3.63, 3.8) is 0 Å². The van der Waals surface area contributed by atoms with Crippen LogP contribution in [0.25, 0.3) is 11.1 Å². The van der Waals surface area contributed by atoms with Crippen LogP contribution in [0.4, 0.5) is 0 Å². The summed E-state index contributed by atoms with van der Waals surface area (Å²) in [5, 5.41) is 3.11. The van der Waals surface area contributed by atoms with Crippen LogP contribution in [0.15, 0.2) is 84.9 Å². The van der Waals surface area contributed by atoms with E-state index < -0.39 is 0 Å². The van der Waals surface area contributed by atoms with Crippen molar-refractivity contribution in [1.82, 2.24) is 5.32 Å². The Morgan fingerprint density at radius 1 is 0.893 bits per heavy atom. The third-order valence-electron chi connectivity index (χ3n) is 4.48. The molecule has 0 fully saturated rings. The van der Waals surface area contributed by atoms with E-state index in [9.17, 15) is 4.79 Å². The van der Waals surface area contributed by atoms with Gasteiger partial charge in [0.05, 0.1) is 14.1 Å². The Balaban J connectivity index is 1.67. The highest BCUT2D eigenvalue weighted by molar-refractivity contribution is 5.78. The Kier molecular flexibility index (Phi) is 6.82. The van der Waals surface area contributed by atoms with Gasteiger partial charge < -0.3 is 15.0 Å². The molecule has 0 heterocycles. The van der Waals surface area contributed by atoms with Gasteiger partial charge in [-0.25, -0.2) is 0 Å². The van der Waals surface area contributed by atoms with Crippen LogP contribution in [0.1, 0.15) is 11.6 Å². The lowest BCUT2D eigenvalue weighted by molar-refractivity contribution is -0.860. The number of amides is 1. The van der Waals surface area contributed by atoms with Gasteiger partial charge in [0.25, 0.3) is 5.91 Å². The standard InChI is InChI=1S/C24H26N2O2/c1-26(2)17-22(20-13-7-4-8-14-20)25-24(27)18-28-23-16-10-9-15-21(23)19-11-5-3-6-12-19/h3-16,22H,17-18H2,1-2H3,(H,25,27)/p+1/t22-/m1/s1. The second kappa shape index (κ2) is 9.72. The van der Waals surface area contributed by atoms with Gasteiger partial charge in [-0.2, -0.15) is 0 Å². The number of hydrogen-bond donors (Lipinski definition) is 2. The van der Waals surface area contributed by atoms with Crippen LogP contribution in [-0.4, -0.2) is 33.2 Å². The predicted molar refractivity (Wildman–Crippen MR) is 112 cm³/mol. The number of likely N-dealkylation sites (N-methyl/N-ethyl adjacent to an activating group) is 1. The summed E-state index contributed by atoms with van der Waals surface area (Å²) < 4.78 is 5.88. The molecule has 0 saturated heterocycles. The fourth-order valence-corrected chi connectivity index (χ4v) is 3.17. The largest absolute Gasteiger partial charge is 0.483 e. The summed E-state index contributed by atoms with van der Waals surface area (Å²) in [6, 6.07) is 27.8. The summed E-state index contributed by atoms with van der Waals surface area (Å²) in [5.41, 5.74) is 3.15. The number of carbonyl (C=O) groups excluding carboxylic acids is 1. The molecule has 4 nitrogen and oxygen atoms in total. The van der Waals surface area contributed by atoms with E-state index in [-0.39, 0.29) is 18.6 Å². The molecule has 1 amide bonds. The minimum absolute atomic E-state index is 0.0179. The molecule has 0 aliphatic heterocycles. The molecule has 0 aromatic heterocycles. The van der Waals surface area contributed by atoms with Crippen LogP contribution < -0.4 is 15.0 Å². The number of ether oxygens (including phenoxy) is 1. The molecular weight excluding hydrogens is 348 g/mol. The van der Waals surface area contributed by atoms with Crippen molar-refractivity contribution in [3.8, 4) is 16.9 Å². The van der Waals surface area contributed by atoms with Gasteiger partial charge in [-0.15, -0.1) is 0 Å². The number of quaternary nitrogens is 1. The van der Waals surface area contributed by atoms with Gasteiger partial charge in [-0.05, 0) is 17.2 Å². The van der Waals surface area contributed by atoms with E-state index in [2.05, 4.69) is 19.4 Å². The third-order valence-corrected chi connectivity index (χ3v) is 4.48. The lowest BCUT2D eigenvalue weighted by Gasteiger charge is -2.21. The molecule has 0 aliphatic rings. The number of hydrogen-bond acceptors (Lipinski definition) is 2. The molecule has 3 aromatic carbocycles. The highest BCUT2D eigenvalue weighted by atomic mass is 16.5. The summed E-state index contributed by atoms with van der Waals surface area (Å²) in [7, 11) is 4.16. The minimum Gasteiger partial charge on any atom is -0.483 e. The van der Waals surface area contributed by atoms with E-state index in [1.807, 2.05) is 84.9 Å². The van der Waals surface area contributed by atoms with Crippen molar-refractivity contribution in [2.45, 2.75) is 6.04 Å². The van der Waals surface area contributed by atoms with E-state index in [1.165, 1.54) is 4.90 Å². The van der Waals surface area contributed by atoms with E-state index in [4.69, 9.17) is 4.74 Å². The van der Waals surface area contributed by atoms with Crippen molar-refractivity contribution >= 4 is 5.91 Å². The molecule has 2 N–H and O–H groups in total. The Bertz CT molecular complexity index is 879. The van der Waals surface area contributed by atoms with Crippen LogP contribution >= 0.6 is 0 Å². The van der Waals surface area contributed by atoms with Crippen molar-refractivity contribution < 1.29 is 14.4 Å². The molecule has 1 atom stereocenters. The minimum atomic E-state index is -0.127. The Labute approximate surface area is 166 Å². The molecule has 0 radical (unpaired) electrons. The Morgan fingerprint density at radius 3 is 2.18 bits per heavy atom. The number of carbonyl (C=O) groups is 1. The zero-order valence-corrected chi connectivity index (χ0v) is 16.4. The number of rotatable bonds is 8. The quantitative estimate of drug-likeness (QED) is 0.636. The van der Waals surface area contributed by atoms with E-state index in [1.54, 1.807) is 0 Å². The maximum atomic E-state index is 12.6. The fraction of sp³-hybridized carbons (Fsp3) is 0.208. The maximum absolute atomic E-state index is 12.6. The van der Waals surface area contributed by atoms with Crippen molar-refractivity contribution in [1.29, 1.82) is 0 Å². The van der Waals surface area contributed by atoms with Gasteiger partial charge in [0.15, 0.2) is 6.61 Å². The average molecular weight is 375 g/mol. The number of benzene rings is 3. The first kappa shape index (κ1) is 19.6. The average Bonchev–Trinajstić information content (AvgIpc) is 2.73. The summed E-state index contributed by atoms with van der Waals surface area (Å²) in [4.78, 5) is 13.9. The van der Waals surface area contributed by atoms with Crippen LogP contribution in [0.5, 0.6) is 5.75 Å². The van der Waals surface area contributed by atoms with Gasteiger partial charge in [0.2, 0.25) is 0 Å².